The van der Waals surface area contributed by atoms with Crippen molar-refractivity contribution in [3.63, 3.8) is 0 Å². The number of hydrogen-bond acceptors (Lipinski definition) is 3. The van der Waals surface area contributed by atoms with E-state index in [9.17, 15) is 4.79 Å². The molecule has 0 fully saturated rings. The maximum Gasteiger partial charge on any atom is 0.220 e. The second-order valence-electron chi connectivity index (χ2n) is 4.92. The van der Waals surface area contributed by atoms with E-state index in [1.807, 2.05) is 18.2 Å². The summed E-state index contributed by atoms with van der Waals surface area (Å²) in [5, 5.41) is 2.91. The Morgan fingerprint density at radius 2 is 2.10 bits per heavy atom. The maximum absolute atomic E-state index is 11.6. The Kier molecular flexibility index (Phi) is 7.55. The number of amides is 1. The topological polar surface area (TPSA) is 64.3 Å². The van der Waals surface area contributed by atoms with E-state index in [-0.39, 0.29) is 5.91 Å². The maximum atomic E-state index is 11.6. The van der Waals surface area contributed by atoms with Gasteiger partial charge >= 0.3 is 0 Å². The van der Waals surface area contributed by atoms with Crippen LogP contribution in [0.25, 0.3) is 0 Å². The zero-order chi connectivity index (χ0) is 14.8. The summed E-state index contributed by atoms with van der Waals surface area (Å²) in [5.41, 5.74) is 7.65. The van der Waals surface area contributed by atoms with Gasteiger partial charge in [-0.1, -0.05) is 26.3 Å². The molecular weight excluding hydrogens is 252 g/mol. The molecule has 0 atom stereocenters. The van der Waals surface area contributed by atoms with Gasteiger partial charge in [0, 0.05) is 13.0 Å². The summed E-state index contributed by atoms with van der Waals surface area (Å²) in [6, 6.07) is 5.75. The largest absolute Gasteiger partial charge is 0.491 e. The summed E-state index contributed by atoms with van der Waals surface area (Å²) in [6.07, 6.45) is 4.28. The fraction of sp³-hybridized carbons (Fsp3) is 0.562. The molecule has 0 aliphatic rings. The zero-order valence-electron chi connectivity index (χ0n) is 12.6. The molecule has 112 valence electrons. The van der Waals surface area contributed by atoms with Crippen molar-refractivity contribution in [2.24, 2.45) is 0 Å². The first kappa shape index (κ1) is 16.3. The zero-order valence-corrected chi connectivity index (χ0v) is 12.6. The van der Waals surface area contributed by atoms with Gasteiger partial charge in [0.05, 0.1) is 12.3 Å². The number of nitrogens with one attached hydrogen (secondary N) is 1. The standard InChI is InChI=1S/C16H26N2O2/c1-3-5-10-18-16(19)9-7-13-6-8-15(14(17)12-13)20-11-4-2/h6,8,12H,3-5,7,9-11,17H2,1-2H3,(H,18,19). The van der Waals surface area contributed by atoms with Crippen molar-refractivity contribution in [3.8, 4) is 5.75 Å². The van der Waals surface area contributed by atoms with Crippen LogP contribution in [0.2, 0.25) is 0 Å². The second kappa shape index (κ2) is 9.23. The average molecular weight is 278 g/mol. The predicted molar refractivity (Wildman–Crippen MR) is 82.9 cm³/mol. The lowest BCUT2D eigenvalue weighted by Gasteiger charge is -2.10. The van der Waals surface area contributed by atoms with E-state index in [0.717, 1.165) is 37.1 Å². The van der Waals surface area contributed by atoms with Crippen LogP contribution in [0.15, 0.2) is 18.2 Å². The number of benzene rings is 1. The van der Waals surface area contributed by atoms with Crippen LogP contribution < -0.4 is 15.8 Å². The molecule has 0 radical (unpaired) electrons. The number of hydrogen-bond donors (Lipinski definition) is 2. The number of ether oxygens (including phenoxy) is 1. The molecule has 0 heterocycles. The van der Waals surface area contributed by atoms with Crippen LogP contribution >= 0.6 is 0 Å². The fourth-order valence-electron chi connectivity index (χ4n) is 1.85. The Bertz CT molecular complexity index is 419. The summed E-state index contributed by atoms with van der Waals surface area (Å²) in [5.74, 6) is 0.825. The second-order valence-corrected chi connectivity index (χ2v) is 4.92. The Morgan fingerprint density at radius 3 is 2.75 bits per heavy atom. The van der Waals surface area contributed by atoms with E-state index in [1.165, 1.54) is 0 Å². The van der Waals surface area contributed by atoms with Crippen LogP contribution in [-0.4, -0.2) is 19.1 Å². The number of carbonyl (C=O) groups is 1. The molecule has 0 aromatic heterocycles. The summed E-state index contributed by atoms with van der Waals surface area (Å²) >= 11 is 0. The van der Waals surface area contributed by atoms with Gasteiger partial charge in [-0.15, -0.1) is 0 Å². The van der Waals surface area contributed by atoms with Gasteiger partial charge in [0.15, 0.2) is 0 Å². The van der Waals surface area contributed by atoms with Crippen molar-refractivity contribution in [1.29, 1.82) is 0 Å². The Morgan fingerprint density at radius 1 is 1.30 bits per heavy atom. The lowest BCUT2D eigenvalue weighted by molar-refractivity contribution is -0.121. The molecule has 0 spiro atoms. The number of carbonyl (C=O) groups excluding carboxylic acids is 1. The van der Waals surface area contributed by atoms with E-state index in [0.29, 0.717) is 25.1 Å². The summed E-state index contributed by atoms with van der Waals surface area (Å²) in [6.45, 7) is 5.60. The Balaban J connectivity index is 2.40. The highest BCUT2D eigenvalue weighted by atomic mass is 16.5. The molecule has 0 unspecified atom stereocenters. The molecule has 0 aliphatic heterocycles. The van der Waals surface area contributed by atoms with Crippen molar-refractivity contribution >= 4 is 11.6 Å². The fourth-order valence-corrected chi connectivity index (χ4v) is 1.85. The molecule has 0 saturated carbocycles. The first-order valence-corrected chi connectivity index (χ1v) is 7.45. The highest BCUT2D eigenvalue weighted by Gasteiger charge is 2.05. The highest BCUT2D eigenvalue weighted by Crippen LogP contribution is 2.23. The number of rotatable bonds is 9. The number of aryl methyl sites for hydroxylation is 1. The van der Waals surface area contributed by atoms with Gasteiger partial charge in [-0.3, -0.25) is 4.79 Å². The van der Waals surface area contributed by atoms with Gasteiger partial charge in [0.1, 0.15) is 5.75 Å². The minimum Gasteiger partial charge on any atom is -0.491 e. The van der Waals surface area contributed by atoms with Crippen molar-refractivity contribution < 1.29 is 9.53 Å². The van der Waals surface area contributed by atoms with Crippen molar-refractivity contribution in [2.75, 3.05) is 18.9 Å². The van der Waals surface area contributed by atoms with E-state index in [2.05, 4.69) is 19.2 Å². The third-order valence-electron chi connectivity index (χ3n) is 3.03. The van der Waals surface area contributed by atoms with Gasteiger partial charge in [-0.05, 0) is 37.0 Å². The van der Waals surface area contributed by atoms with E-state index in [1.54, 1.807) is 0 Å². The summed E-state index contributed by atoms with van der Waals surface area (Å²) < 4.78 is 5.53. The summed E-state index contributed by atoms with van der Waals surface area (Å²) in [7, 11) is 0. The third-order valence-corrected chi connectivity index (χ3v) is 3.03. The summed E-state index contributed by atoms with van der Waals surface area (Å²) in [4.78, 5) is 11.6. The minimum absolute atomic E-state index is 0.100. The quantitative estimate of drug-likeness (QED) is 0.539. The van der Waals surface area contributed by atoms with Crippen LogP contribution in [-0.2, 0) is 11.2 Å². The molecular formula is C16H26N2O2. The van der Waals surface area contributed by atoms with Gasteiger partial charge < -0.3 is 15.8 Å². The Hall–Kier alpha value is -1.71. The molecule has 0 aliphatic carbocycles. The molecule has 1 rings (SSSR count). The van der Waals surface area contributed by atoms with E-state index < -0.39 is 0 Å². The molecule has 1 amide bonds. The lowest BCUT2D eigenvalue weighted by Crippen LogP contribution is -2.24. The van der Waals surface area contributed by atoms with Crippen molar-refractivity contribution in [2.45, 2.75) is 46.0 Å². The number of nitrogens with two attached hydrogens (primary N) is 1. The Labute approximate surface area is 121 Å². The molecule has 0 saturated heterocycles. The smallest absolute Gasteiger partial charge is 0.220 e. The van der Waals surface area contributed by atoms with Gasteiger partial charge in [0.25, 0.3) is 0 Å². The third kappa shape index (κ3) is 5.95. The normalized spacial score (nSPS) is 10.3. The average Bonchev–Trinajstić information content (AvgIpc) is 2.44. The first-order chi connectivity index (χ1) is 9.67. The van der Waals surface area contributed by atoms with Crippen LogP contribution in [0, 0.1) is 0 Å². The highest BCUT2D eigenvalue weighted by molar-refractivity contribution is 5.76. The van der Waals surface area contributed by atoms with Gasteiger partial charge in [-0.2, -0.15) is 0 Å². The number of nitrogen functional groups attached to an aromatic ring is 1. The number of anilines is 1. The van der Waals surface area contributed by atoms with Gasteiger partial charge in [0.2, 0.25) is 5.91 Å². The molecule has 3 N–H and O–H groups in total. The van der Waals surface area contributed by atoms with Crippen LogP contribution in [0.3, 0.4) is 0 Å². The molecule has 1 aromatic carbocycles. The van der Waals surface area contributed by atoms with E-state index >= 15 is 0 Å². The molecule has 4 nitrogen and oxygen atoms in total. The van der Waals surface area contributed by atoms with Gasteiger partial charge in [-0.25, -0.2) is 0 Å². The van der Waals surface area contributed by atoms with E-state index in [4.69, 9.17) is 10.5 Å². The van der Waals surface area contributed by atoms with Crippen molar-refractivity contribution in [3.05, 3.63) is 23.8 Å². The van der Waals surface area contributed by atoms with Crippen molar-refractivity contribution in [1.82, 2.24) is 5.32 Å². The lowest BCUT2D eigenvalue weighted by atomic mass is 10.1. The molecule has 0 bridgehead atoms. The predicted octanol–water partition coefficient (Wildman–Crippen LogP) is 2.91. The molecule has 20 heavy (non-hydrogen) atoms. The SMILES string of the molecule is CCCCNC(=O)CCc1ccc(OCCC)c(N)c1. The molecule has 4 heteroatoms. The minimum atomic E-state index is 0.100. The molecule has 1 aromatic rings. The monoisotopic (exact) mass is 278 g/mol. The number of unbranched alkanes of at least 4 members (excludes halogenated alkanes) is 1. The first-order valence-electron chi connectivity index (χ1n) is 7.45. The van der Waals surface area contributed by atoms with Crippen LogP contribution in [0.4, 0.5) is 5.69 Å². The van der Waals surface area contributed by atoms with Crippen LogP contribution in [0.1, 0.15) is 45.1 Å². The van der Waals surface area contributed by atoms with Crippen LogP contribution in [0.5, 0.6) is 5.75 Å².